The van der Waals surface area contributed by atoms with Crippen LogP contribution in [0, 0.1) is 5.92 Å². The van der Waals surface area contributed by atoms with Crippen LogP contribution in [0.15, 0.2) is 27.8 Å². The van der Waals surface area contributed by atoms with E-state index in [1.807, 2.05) is 12.3 Å². The Morgan fingerprint density at radius 3 is 3.19 bits per heavy atom. The molecule has 3 atom stereocenters. The second kappa shape index (κ2) is 5.03. The minimum Gasteiger partial charge on any atom is -0.462 e. The van der Waals surface area contributed by atoms with Gasteiger partial charge in [0.25, 0.3) is 5.91 Å². The van der Waals surface area contributed by atoms with E-state index in [9.17, 15) is 4.79 Å². The van der Waals surface area contributed by atoms with Crippen molar-refractivity contribution < 1.29 is 9.21 Å². The molecule has 0 aliphatic carbocycles. The van der Waals surface area contributed by atoms with E-state index < -0.39 is 0 Å². The van der Waals surface area contributed by atoms with E-state index in [2.05, 4.69) is 15.2 Å². The smallest absolute Gasteiger partial charge is 0.271 e. The summed E-state index contributed by atoms with van der Waals surface area (Å²) in [5.74, 6) is 0.658. The standard InChI is InChI=1S/C15H17N3O2S/c1-21-13-8-20-12-6-16-11(5-10(12)13)15(19)17-14-4-9-2-3-18(14)7-9/h5-6,8-9,14H,2-4,7H2,1H3,(H,17,19). The molecule has 2 bridgehead atoms. The fraction of sp³-hybridized carbons (Fsp3) is 0.467. The first-order valence-electron chi connectivity index (χ1n) is 7.21. The van der Waals surface area contributed by atoms with E-state index in [0.29, 0.717) is 5.69 Å². The van der Waals surface area contributed by atoms with Crippen molar-refractivity contribution in [2.24, 2.45) is 5.92 Å². The lowest BCUT2D eigenvalue weighted by Crippen LogP contribution is -2.45. The number of aromatic nitrogens is 1. The Labute approximate surface area is 127 Å². The fourth-order valence-electron chi connectivity index (χ4n) is 3.37. The van der Waals surface area contributed by atoms with Gasteiger partial charge in [0.2, 0.25) is 0 Å². The first-order chi connectivity index (χ1) is 10.2. The first-order valence-corrected chi connectivity index (χ1v) is 8.43. The van der Waals surface area contributed by atoms with Crippen LogP contribution in [0.2, 0.25) is 0 Å². The highest BCUT2D eigenvalue weighted by atomic mass is 32.2. The van der Waals surface area contributed by atoms with Gasteiger partial charge in [-0.05, 0) is 31.1 Å². The maximum absolute atomic E-state index is 12.4. The Bertz CT molecular complexity index is 699. The lowest BCUT2D eigenvalue weighted by Gasteiger charge is -2.25. The fourth-order valence-corrected chi connectivity index (χ4v) is 3.89. The number of fused-ring (bicyclic) bond motifs is 3. The zero-order valence-corrected chi connectivity index (χ0v) is 12.7. The third kappa shape index (κ3) is 2.22. The second-order valence-electron chi connectivity index (χ2n) is 5.74. The molecule has 4 rings (SSSR count). The van der Waals surface area contributed by atoms with Crippen LogP contribution in [0.4, 0.5) is 0 Å². The predicted octanol–water partition coefficient (Wildman–Crippen LogP) is 2.33. The van der Waals surface area contributed by atoms with Crippen LogP contribution in [0.1, 0.15) is 23.3 Å². The predicted molar refractivity (Wildman–Crippen MR) is 81.3 cm³/mol. The summed E-state index contributed by atoms with van der Waals surface area (Å²) in [6.07, 6.45) is 7.84. The topological polar surface area (TPSA) is 58.4 Å². The summed E-state index contributed by atoms with van der Waals surface area (Å²) in [4.78, 5) is 20.0. The molecule has 2 saturated heterocycles. The van der Waals surface area contributed by atoms with Crippen molar-refractivity contribution in [2.45, 2.75) is 23.9 Å². The average molecular weight is 303 g/mol. The number of carbonyl (C=O) groups excluding carboxylic acids is 1. The number of furan rings is 1. The summed E-state index contributed by atoms with van der Waals surface area (Å²) in [7, 11) is 0. The molecule has 6 heteroatoms. The molecule has 0 aromatic carbocycles. The molecule has 1 amide bonds. The van der Waals surface area contributed by atoms with Gasteiger partial charge in [0.15, 0.2) is 5.58 Å². The molecule has 2 aliphatic rings. The second-order valence-corrected chi connectivity index (χ2v) is 6.59. The molecule has 0 radical (unpaired) electrons. The van der Waals surface area contributed by atoms with Gasteiger partial charge in [0, 0.05) is 18.5 Å². The van der Waals surface area contributed by atoms with Crippen molar-refractivity contribution in [1.29, 1.82) is 0 Å². The van der Waals surface area contributed by atoms with Crippen LogP contribution in [0.5, 0.6) is 0 Å². The first kappa shape index (κ1) is 13.2. The quantitative estimate of drug-likeness (QED) is 0.882. The zero-order chi connectivity index (χ0) is 14.4. The van der Waals surface area contributed by atoms with Crippen molar-refractivity contribution in [3.63, 3.8) is 0 Å². The van der Waals surface area contributed by atoms with Crippen LogP contribution in [-0.4, -0.2) is 41.3 Å². The van der Waals surface area contributed by atoms with Crippen LogP contribution >= 0.6 is 11.8 Å². The lowest BCUT2D eigenvalue weighted by molar-refractivity contribution is 0.0878. The van der Waals surface area contributed by atoms with Crippen molar-refractivity contribution >= 4 is 28.6 Å². The van der Waals surface area contributed by atoms with Crippen molar-refractivity contribution in [1.82, 2.24) is 15.2 Å². The third-order valence-electron chi connectivity index (χ3n) is 4.49. The van der Waals surface area contributed by atoms with Gasteiger partial charge in [0.05, 0.1) is 17.3 Å². The maximum Gasteiger partial charge on any atom is 0.271 e. The van der Waals surface area contributed by atoms with Gasteiger partial charge in [-0.15, -0.1) is 11.8 Å². The molecule has 1 N–H and O–H groups in total. The number of nitrogens with one attached hydrogen (secondary N) is 1. The van der Waals surface area contributed by atoms with Crippen LogP contribution in [0.3, 0.4) is 0 Å². The van der Waals surface area contributed by atoms with E-state index >= 15 is 0 Å². The number of nitrogens with zero attached hydrogens (tertiary/aromatic N) is 2. The summed E-state index contributed by atoms with van der Waals surface area (Å²) in [5, 5.41) is 4.06. The molecule has 0 saturated carbocycles. The van der Waals surface area contributed by atoms with E-state index in [0.717, 1.165) is 41.3 Å². The Balaban J connectivity index is 1.56. The molecule has 2 aromatic heterocycles. The molecule has 4 heterocycles. The average Bonchev–Trinajstić information content (AvgIpc) is 3.21. The van der Waals surface area contributed by atoms with E-state index in [1.165, 1.54) is 6.42 Å². The Morgan fingerprint density at radius 1 is 1.57 bits per heavy atom. The van der Waals surface area contributed by atoms with Crippen LogP contribution < -0.4 is 5.32 Å². The summed E-state index contributed by atoms with van der Waals surface area (Å²) in [6, 6.07) is 1.82. The molecule has 110 valence electrons. The van der Waals surface area contributed by atoms with Gasteiger partial charge in [0.1, 0.15) is 12.0 Å². The molecular weight excluding hydrogens is 286 g/mol. The molecule has 21 heavy (non-hydrogen) atoms. The number of thioether (sulfide) groups is 1. The van der Waals surface area contributed by atoms with Crippen molar-refractivity contribution in [3.05, 3.63) is 24.2 Å². The van der Waals surface area contributed by atoms with E-state index in [4.69, 9.17) is 4.42 Å². The molecule has 3 unspecified atom stereocenters. The molecule has 5 nitrogen and oxygen atoms in total. The largest absolute Gasteiger partial charge is 0.462 e. The number of carbonyl (C=O) groups is 1. The van der Waals surface area contributed by atoms with Crippen molar-refractivity contribution in [2.75, 3.05) is 19.3 Å². The number of piperidine rings is 1. The van der Waals surface area contributed by atoms with E-state index in [-0.39, 0.29) is 12.1 Å². The van der Waals surface area contributed by atoms with Crippen LogP contribution in [-0.2, 0) is 0 Å². The van der Waals surface area contributed by atoms with Gasteiger partial charge in [-0.25, -0.2) is 4.98 Å². The summed E-state index contributed by atoms with van der Waals surface area (Å²) < 4.78 is 5.43. The molecule has 2 fully saturated rings. The highest BCUT2D eigenvalue weighted by Crippen LogP contribution is 2.32. The Morgan fingerprint density at radius 2 is 2.48 bits per heavy atom. The Kier molecular flexibility index (Phi) is 3.15. The lowest BCUT2D eigenvalue weighted by atomic mass is 10.0. The number of hydrogen-bond acceptors (Lipinski definition) is 5. The molecular formula is C15H17N3O2S. The summed E-state index contributed by atoms with van der Waals surface area (Å²) in [6.45, 7) is 2.22. The number of amides is 1. The summed E-state index contributed by atoms with van der Waals surface area (Å²) >= 11 is 1.61. The van der Waals surface area contributed by atoms with Gasteiger partial charge in [-0.1, -0.05) is 0 Å². The SMILES string of the molecule is CSc1coc2cnc(C(=O)NC3CC4CCN3C4)cc12. The van der Waals surface area contributed by atoms with E-state index in [1.54, 1.807) is 24.2 Å². The van der Waals surface area contributed by atoms with Crippen molar-refractivity contribution in [3.8, 4) is 0 Å². The highest BCUT2D eigenvalue weighted by Gasteiger charge is 2.38. The normalized spacial score (nSPS) is 27.4. The van der Waals surface area contributed by atoms with Gasteiger partial charge >= 0.3 is 0 Å². The molecule has 2 aromatic rings. The van der Waals surface area contributed by atoms with Gasteiger partial charge < -0.3 is 9.73 Å². The molecule has 2 aliphatic heterocycles. The van der Waals surface area contributed by atoms with Gasteiger partial charge in [-0.3, -0.25) is 9.69 Å². The van der Waals surface area contributed by atoms with Gasteiger partial charge in [-0.2, -0.15) is 0 Å². The number of pyridine rings is 1. The molecule has 0 spiro atoms. The monoisotopic (exact) mass is 303 g/mol. The third-order valence-corrected chi connectivity index (χ3v) is 5.25. The zero-order valence-electron chi connectivity index (χ0n) is 11.8. The number of rotatable bonds is 3. The minimum absolute atomic E-state index is 0.0947. The summed E-state index contributed by atoms with van der Waals surface area (Å²) in [5.41, 5.74) is 1.18. The number of hydrogen-bond donors (Lipinski definition) is 1. The highest BCUT2D eigenvalue weighted by molar-refractivity contribution is 7.98. The maximum atomic E-state index is 12.4. The Hall–Kier alpha value is -1.53. The minimum atomic E-state index is -0.0947. The van der Waals surface area contributed by atoms with Crippen LogP contribution in [0.25, 0.3) is 11.0 Å².